The Bertz CT molecular complexity index is 837. The molecule has 0 atom stereocenters. The number of hydrogen-bond donors (Lipinski definition) is 1. The first-order valence-electron chi connectivity index (χ1n) is 8.55. The van der Waals surface area contributed by atoms with Crippen LogP contribution >= 0.6 is 0 Å². The number of para-hydroxylation sites is 1. The lowest BCUT2D eigenvalue weighted by molar-refractivity contribution is -0.137. The predicted octanol–water partition coefficient (Wildman–Crippen LogP) is 3.74. The third kappa shape index (κ3) is 6.00. The van der Waals surface area contributed by atoms with Gasteiger partial charge in [-0.15, -0.1) is 0 Å². The second-order valence-corrected chi connectivity index (χ2v) is 6.13. The van der Waals surface area contributed by atoms with Crippen LogP contribution in [0.1, 0.15) is 18.1 Å². The fourth-order valence-corrected chi connectivity index (χ4v) is 2.66. The molecule has 0 radical (unpaired) electrons. The van der Waals surface area contributed by atoms with Gasteiger partial charge in [0.1, 0.15) is 5.75 Å². The Labute approximate surface area is 161 Å². The van der Waals surface area contributed by atoms with E-state index in [1.165, 1.54) is 24.0 Å². The molecule has 8 heteroatoms. The van der Waals surface area contributed by atoms with Crippen LogP contribution in [0.25, 0.3) is 0 Å². The van der Waals surface area contributed by atoms with E-state index in [9.17, 15) is 22.8 Å². The van der Waals surface area contributed by atoms with Gasteiger partial charge in [0.15, 0.2) is 0 Å². The van der Waals surface area contributed by atoms with Gasteiger partial charge in [-0.05, 0) is 36.2 Å². The molecule has 2 amide bonds. The highest BCUT2D eigenvalue weighted by atomic mass is 19.4. The summed E-state index contributed by atoms with van der Waals surface area (Å²) in [5.41, 5.74) is 0.0486. The van der Waals surface area contributed by atoms with Crippen molar-refractivity contribution in [3.8, 4) is 5.75 Å². The maximum absolute atomic E-state index is 12.8. The Kier molecular flexibility index (Phi) is 7.03. The highest BCUT2D eigenvalue weighted by Crippen LogP contribution is 2.30. The minimum atomic E-state index is -4.50. The third-order valence-electron chi connectivity index (χ3n) is 4.10. The van der Waals surface area contributed by atoms with E-state index in [4.69, 9.17) is 4.74 Å². The number of amides is 2. The SMILES string of the molecule is COc1ccccc1CCN(CC(=O)Nc1cccc(C(F)(F)F)c1)C(C)=O. The van der Waals surface area contributed by atoms with Crippen LogP contribution in [0, 0.1) is 0 Å². The van der Waals surface area contributed by atoms with E-state index < -0.39 is 17.6 Å². The maximum atomic E-state index is 12.8. The normalized spacial score (nSPS) is 11.0. The molecule has 0 aliphatic heterocycles. The summed E-state index contributed by atoms with van der Waals surface area (Å²) in [5.74, 6) is -0.205. The summed E-state index contributed by atoms with van der Waals surface area (Å²) in [4.78, 5) is 25.4. The Morgan fingerprint density at radius 2 is 1.82 bits per heavy atom. The van der Waals surface area contributed by atoms with Crippen molar-refractivity contribution in [3.05, 3.63) is 59.7 Å². The average Bonchev–Trinajstić information content (AvgIpc) is 2.64. The molecule has 28 heavy (non-hydrogen) atoms. The van der Waals surface area contributed by atoms with E-state index >= 15 is 0 Å². The molecule has 5 nitrogen and oxygen atoms in total. The number of methoxy groups -OCH3 is 1. The van der Waals surface area contributed by atoms with Gasteiger partial charge in [0.05, 0.1) is 19.2 Å². The van der Waals surface area contributed by atoms with Gasteiger partial charge in [0.2, 0.25) is 11.8 Å². The van der Waals surface area contributed by atoms with Gasteiger partial charge in [0, 0.05) is 19.2 Å². The molecule has 0 aliphatic rings. The van der Waals surface area contributed by atoms with E-state index in [1.54, 1.807) is 13.2 Å². The van der Waals surface area contributed by atoms with Crippen LogP contribution in [0.2, 0.25) is 0 Å². The minimum Gasteiger partial charge on any atom is -0.496 e. The molecule has 0 saturated carbocycles. The van der Waals surface area contributed by atoms with Crippen LogP contribution in [0.4, 0.5) is 18.9 Å². The number of benzene rings is 2. The van der Waals surface area contributed by atoms with Crippen molar-refractivity contribution in [3.63, 3.8) is 0 Å². The number of carbonyl (C=O) groups excluding carboxylic acids is 2. The molecule has 0 saturated heterocycles. The third-order valence-corrected chi connectivity index (χ3v) is 4.10. The van der Waals surface area contributed by atoms with Gasteiger partial charge in [-0.1, -0.05) is 24.3 Å². The lowest BCUT2D eigenvalue weighted by Gasteiger charge is -2.21. The molecular weight excluding hydrogens is 373 g/mol. The van der Waals surface area contributed by atoms with Crippen LogP contribution < -0.4 is 10.1 Å². The summed E-state index contributed by atoms with van der Waals surface area (Å²) in [7, 11) is 1.55. The lowest BCUT2D eigenvalue weighted by Crippen LogP contribution is -2.38. The summed E-state index contributed by atoms with van der Waals surface area (Å²) >= 11 is 0. The number of rotatable bonds is 7. The van der Waals surface area contributed by atoms with Crippen molar-refractivity contribution in [1.82, 2.24) is 4.90 Å². The number of carbonyl (C=O) groups is 2. The number of ether oxygens (including phenoxy) is 1. The zero-order valence-corrected chi connectivity index (χ0v) is 15.5. The van der Waals surface area contributed by atoms with E-state index in [2.05, 4.69) is 5.32 Å². The lowest BCUT2D eigenvalue weighted by atomic mass is 10.1. The summed E-state index contributed by atoms with van der Waals surface area (Å²) in [6.07, 6.45) is -4.03. The largest absolute Gasteiger partial charge is 0.496 e. The topological polar surface area (TPSA) is 58.6 Å². The zero-order valence-electron chi connectivity index (χ0n) is 15.5. The van der Waals surface area contributed by atoms with Crippen molar-refractivity contribution in [1.29, 1.82) is 0 Å². The number of nitrogens with zero attached hydrogens (tertiary/aromatic N) is 1. The summed E-state index contributed by atoms with van der Waals surface area (Å²) < 4.78 is 43.6. The van der Waals surface area contributed by atoms with Gasteiger partial charge in [-0.3, -0.25) is 9.59 Å². The van der Waals surface area contributed by atoms with Crippen LogP contribution in [0.15, 0.2) is 48.5 Å². The van der Waals surface area contributed by atoms with Gasteiger partial charge in [-0.25, -0.2) is 0 Å². The number of alkyl halides is 3. The average molecular weight is 394 g/mol. The monoisotopic (exact) mass is 394 g/mol. The van der Waals surface area contributed by atoms with Crippen molar-refractivity contribution >= 4 is 17.5 Å². The van der Waals surface area contributed by atoms with Gasteiger partial charge >= 0.3 is 6.18 Å². The smallest absolute Gasteiger partial charge is 0.416 e. The van der Waals surface area contributed by atoms with Crippen molar-refractivity contribution in [2.24, 2.45) is 0 Å². The van der Waals surface area contributed by atoms with Crippen LogP contribution in [0.3, 0.4) is 0 Å². The zero-order chi connectivity index (χ0) is 20.7. The first kappa shape index (κ1) is 21.3. The summed E-state index contributed by atoms with van der Waals surface area (Å²) in [5, 5.41) is 2.40. The molecule has 0 aromatic heterocycles. The Hall–Kier alpha value is -3.03. The first-order chi connectivity index (χ1) is 13.2. The van der Waals surface area contributed by atoms with Gasteiger partial charge in [-0.2, -0.15) is 13.2 Å². The quantitative estimate of drug-likeness (QED) is 0.778. The molecule has 1 N–H and O–H groups in total. The molecule has 0 heterocycles. The maximum Gasteiger partial charge on any atom is 0.416 e. The summed E-state index contributed by atoms with van der Waals surface area (Å²) in [6.45, 7) is 1.34. The molecular formula is C20H21F3N2O3. The molecule has 0 aliphatic carbocycles. The molecule has 0 unspecified atom stereocenters. The second-order valence-electron chi connectivity index (χ2n) is 6.13. The van der Waals surface area contributed by atoms with Crippen molar-refractivity contribution < 1.29 is 27.5 Å². The fraction of sp³-hybridized carbons (Fsp3) is 0.300. The standard InChI is InChI=1S/C20H21F3N2O3/c1-14(26)25(11-10-15-6-3-4-9-18(15)28-2)13-19(27)24-17-8-5-7-16(12-17)20(21,22)23/h3-9,12H,10-11,13H2,1-2H3,(H,24,27). The van der Waals surface area contributed by atoms with Crippen LogP contribution in [0.5, 0.6) is 5.75 Å². The molecule has 150 valence electrons. The second kappa shape index (κ2) is 9.25. The fourth-order valence-electron chi connectivity index (χ4n) is 2.66. The molecule has 0 fully saturated rings. The van der Waals surface area contributed by atoms with E-state index in [-0.39, 0.29) is 24.7 Å². The first-order valence-corrected chi connectivity index (χ1v) is 8.55. The molecule has 2 aromatic rings. The molecule has 2 rings (SSSR count). The molecule has 0 bridgehead atoms. The summed E-state index contributed by atoms with van der Waals surface area (Å²) in [6, 6.07) is 11.7. The van der Waals surface area contributed by atoms with Crippen LogP contribution in [-0.2, 0) is 22.2 Å². The number of anilines is 1. The van der Waals surface area contributed by atoms with E-state index in [0.29, 0.717) is 12.2 Å². The van der Waals surface area contributed by atoms with Gasteiger partial charge < -0.3 is 15.0 Å². The minimum absolute atomic E-state index is 0.0213. The molecule has 0 spiro atoms. The Morgan fingerprint density at radius 3 is 2.46 bits per heavy atom. The van der Waals surface area contributed by atoms with E-state index in [0.717, 1.165) is 17.7 Å². The van der Waals surface area contributed by atoms with E-state index in [1.807, 2.05) is 18.2 Å². The Balaban J connectivity index is 2.00. The van der Waals surface area contributed by atoms with Crippen LogP contribution in [-0.4, -0.2) is 36.9 Å². The van der Waals surface area contributed by atoms with Crippen molar-refractivity contribution in [2.75, 3.05) is 25.5 Å². The number of nitrogens with one attached hydrogen (secondary N) is 1. The highest BCUT2D eigenvalue weighted by molar-refractivity contribution is 5.94. The molecule has 2 aromatic carbocycles. The Morgan fingerprint density at radius 1 is 1.11 bits per heavy atom. The highest BCUT2D eigenvalue weighted by Gasteiger charge is 2.30. The number of halogens is 3. The number of hydrogen-bond acceptors (Lipinski definition) is 3. The van der Waals surface area contributed by atoms with Crippen molar-refractivity contribution in [2.45, 2.75) is 19.5 Å². The predicted molar refractivity (Wildman–Crippen MR) is 99.0 cm³/mol. The van der Waals surface area contributed by atoms with Gasteiger partial charge in [0.25, 0.3) is 0 Å².